The van der Waals surface area contributed by atoms with E-state index in [9.17, 15) is 15.2 Å². The van der Waals surface area contributed by atoms with Gasteiger partial charge >= 0.3 is 5.97 Å². The first kappa shape index (κ1) is 23.6. The third kappa shape index (κ3) is 4.31. The highest BCUT2D eigenvalue weighted by Gasteiger charge is 2.33. The fourth-order valence-electron chi connectivity index (χ4n) is 4.96. The predicted octanol–water partition coefficient (Wildman–Crippen LogP) is 5.91. The molecule has 0 aliphatic heterocycles. The maximum atomic E-state index is 13.5. The number of aliphatic hydroxyl groups is 1. The van der Waals surface area contributed by atoms with Crippen LogP contribution in [0.15, 0.2) is 54.3 Å². The first-order chi connectivity index (χ1) is 17.3. The number of aromatic nitrogens is 3. The third-order valence-corrected chi connectivity index (χ3v) is 7.05. The Hall–Kier alpha value is -4.18. The fourth-order valence-corrected chi connectivity index (χ4v) is 4.96. The molecule has 1 aliphatic rings. The van der Waals surface area contributed by atoms with Crippen LogP contribution in [-0.2, 0) is 17.6 Å². The minimum absolute atomic E-state index is 0.0617. The SMILES string of the molecule is CC(C)(C)C1CCc2nc3ccccc3c(C(=O)OCC(O)=C(C#N)c3nc4ccccc4[nH]3)c2C1. The molecule has 1 atom stereocenters. The Bertz CT molecular complexity index is 1520. The lowest BCUT2D eigenvalue weighted by atomic mass is 9.70. The van der Waals surface area contributed by atoms with Gasteiger partial charge in [0.25, 0.3) is 0 Å². The second-order valence-electron chi connectivity index (χ2n) is 10.3. The van der Waals surface area contributed by atoms with Crippen molar-refractivity contribution in [3.8, 4) is 6.07 Å². The molecule has 182 valence electrons. The van der Waals surface area contributed by atoms with Crippen molar-refractivity contribution in [3.63, 3.8) is 0 Å². The highest BCUT2D eigenvalue weighted by molar-refractivity contribution is 6.05. The van der Waals surface area contributed by atoms with Crippen LogP contribution in [0.1, 0.15) is 54.6 Å². The molecule has 1 aliphatic carbocycles. The zero-order chi connectivity index (χ0) is 25.4. The minimum atomic E-state index is -0.534. The molecule has 4 aromatic rings. The van der Waals surface area contributed by atoms with Crippen molar-refractivity contribution in [3.05, 3.63) is 76.9 Å². The lowest BCUT2D eigenvalue weighted by molar-refractivity contribution is 0.0502. The van der Waals surface area contributed by atoms with Crippen molar-refractivity contribution in [2.45, 2.75) is 40.0 Å². The maximum Gasteiger partial charge on any atom is 0.339 e. The van der Waals surface area contributed by atoms with Gasteiger partial charge in [-0.3, -0.25) is 4.98 Å². The summed E-state index contributed by atoms with van der Waals surface area (Å²) < 4.78 is 5.60. The molecule has 2 aromatic heterocycles. The van der Waals surface area contributed by atoms with E-state index < -0.39 is 12.6 Å². The van der Waals surface area contributed by atoms with Crippen LogP contribution < -0.4 is 0 Å². The van der Waals surface area contributed by atoms with Crippen LogP contribution in [-0.4, -0.2) is 32.6 Å². The molecule has 0 radical (unpaired) electrons. The smallest absolute Gasteiger partial charge is 0.339 e. The van der Waals surface area contributed by atoms with E-state index in [0.717, 1.165) is 46.9 Å². The summed E-state index contributed by atoms with van der Waals surface area (Å²) >= 11 is 0. The number of carbonyl (C=O) groups excluding carboxylic acids is 1. The summed E-state index contributed by atoms with van der Waals surface area (Å²) in [6.07, 6.45) is 2.56. The second-order valence-corrected chi connectivity index (χ2v) is 10.3. The average molecular weight is 481 g/mol. The van der Waals surface area contributed by atoms with Gasteiger partial charge in [0.2, 0.25) is 0 Å². The first-order valence-corrected chi connectivity index (χ1v) is 12.1. The molecule has 7 heteroatoms. The number of aromatic amines is 1. The van der Waals surface area contributed by atoms with E-state index in [1.54, 1.807) is 0 Å². The summed E-state index contributed by atoms with van der Waals surface area (Å²) in [5.41, 5.74) is 4.55. The van der Waals surface area contributed by atoms with Crippen LogP contribution in [0.3, 0.4) is 0 Å². The van der Waals surface area contributed by atoms with Gasteiger partial charge in [0.15, 0.2) is 11.6 Å². The number of benzene rings is 2. The fraction of sp³-hybridized carbons (Fsp3) is 0.310. The molecule has 0 saturated carbocycles. The summed E-state index contributed by atoms with van der Waals surface area (Å²) in [6, 6.07) is 16.9. The number of hydrogen-bond acceptors (Lipinski definition) is 6. The van der Waals surface area contributed by atoms with Gasteiger partial charge in [0, 0.05) is 11.1 Å². The van der Waals surface area contributed by atoms with E-state index in [1.165, 1.54) is 0 Å². The zero-order valence-electron chi connectivity index (χ0n) is 20.6. The summed E-state index contributed by atoms with van der Waals surface area (Å²) in [5, 5.41) is 21.1. The molecule has 0 amide bonds. The Morgan fingerprint density at radius 2 is 1.86 bits per heavy atom. The second kappa shape index (κ2) is 9.12. The number of hydrogen-bond donors (Lipinski definition) is 2. The number of aryl methyl sites for hydroxylation is 1. The van der Waals surface area contributed by atoms with Gasteiger partial charge in [-0.1, -0.05) is 51.1 Å². The molecule has 2 heterocycles. The number of esters is 1. The minimum Gasteiger partial charge on any atom is -0.507 e. The number of carbonyl (C=O) groups is 1. The maximum absolute atomic E-state index is 13.5. The summed E-state index contributed by atoms with van der Waals surface area (Å²) in [5.74, 6) is -0.254. The largest absolute Gasteiger partial charge is 0.507 e. The number of para-hydroxylation sites is 3. The van der Waals surface area contributed by atoms with Gasteiger partial charge in [-0.2, -0.15) is 5.26 Å². The molecule has 7 nitrogen and oxygen atoms in total. The standard InChI is InChI=1S/C29H28N4O3/c1-29(2,3)17-12-13-22-19(14-17)26(18-8-4-5-9-21(18)31-22)28(35)36-16-25(34)20(15-30)27-32-23-10-6-7-11-24(23)33-27/h4-11,17,34H,12-14,16H2,1-3H3,(H,32,33). The van der Waals surface area contributed by atoms with Gasteiger partial charge in [0.1, 0.15) is 18.2 Å². The molecule has 2 N–H and O–H groups in total. The Balaban J connectivity index is 1.48. The van der Waals surface area contributed by atoms with Gasteiger partial charge in [-0.05, 0) is 54.4 Å². The molecule has 1 unspecified atom stereocenters. The van der Waals surface area contributed by atoms with E-state index in [4.69, 9.17) is 9.72 Å². The molecule has 2 aromatic carbocycles. The van der Waals surface area contributed by atoms with Crippen molar-refractivity contribution in [2.75, 3.05) is 6.61 Å². The number of ether oxygens (including phenoxy) is 1. The number of allylic oxidation sites excluding steroid dienone is 1. The van der Waals surface area contributed by atoms with Crippen LogP contribution in [0.4, 0.5) is 0 Å². The molecular formula is C29H28N4O3. The zero-order valence-corrected chi connectivity index (χ0v) is 20.6. The lowest BCUT2D eigenvalue weighted by Crippen LogP contribution is -2.29. The number of imidazole rings is 1. The highest BCUT2D eigenvalue weighted by Crippen LogP contribution is 2.39. The average Bonchev–Trinajstić information content (AvgIpc) is 3.29. The van der Waals surface area contributed by atoms with Crippen molar-refractivity contribution >= 4 is 33.5 Å². The van der Waals surface area contributed by atoms with E-state index in [2.05, 4.69) is 30.7 Å². The number of fused-ring (bicyclic) bond motifs is 3. The normalized spacial score (nSPS) is 16.3. The van der Waals surface area contributed by atoms with E-state index in [1.807, 2.05) is 54.6 Å². The van der Waals surface area contributed by atoms with Gasteiger partial charge < -0.3 is 14.8 Å². The van der Waals surface area contributed by atoms with Crippen LogP contribution in [0.25, 0.3) is 27.5 Å². The first-order valence-electron chi connectivity index (χ1n) is 12.1. The number of nitrogens with zero attached hydrogens (tertiary/aromatic N) is 3. The molecule has 0 spiro atoms. The van der Waals surface area contributed by atoms with Gasteiger partial charge in [0.05, 0.1) is 22.1 Å². The Morgan fingerprint density at radius 1 is 1.14 bits per heavy atom. The molecule has 5 rings (SSSR count). The monoisotopic (exact) mass is 480 g/mol. The van der Waals surface area contributed by atoms with Crippen molar-refractivity contribution in [2.24, 2.45) is 11.3 Å². The van der Waals surface area contributed by atoms with Crippen molar-refractivity contribution < 1.29 is 14.6 Å². The number of pyridine rings is 1. The quantitative estimate of drug-likeness (QED) is 0.213. The Kier molecular flexibility index (Phi) is 5.97. The molecule has 0 bridgehead atoms. The van der Waals surface area contributed by atoms with Crippen LogP contribution >= 0.6 is 0 Å². The van der Waals surface area contributed by atoms with Crippen LogP contribution in [0.2, 0.25) is 0 Å². The predicted molar refractivity (Wildman–Crippen MR) is 138 cm³/mol. The van der Waals surface area contributed by atoms with E-state index in [0.29, 0.717) is 17.0 Å². The summed E-state index contributed by atoms with van der Waals surface area (Å²) in [7, 11) is 0. The van der Waals surface area contributed by atoms with E-state index in [-0.39, 0.29) is 22.6 Å². The number of nitriles is 1. The molecule has 0 fully saturated rings. The summed E-state index contributed by atoms with van der Waals surface area (Å²) in [6.45, 7) is 6.23. The lowest BCUT2D eigenvalue weighted by Gasteiger charge is -2.35. The number of aliphatic hydroxyl groups excluding tert-OH is 1. The summed E-state index contributed by atoms with van der Waals surface area (Å²) in [4.78, 5) is 25.7. The van der Waals surface area contributed by atoms with Gasteiger partial charge in [-0.25, -0.2) is 9.78 Å². The van der Waals surface area contributed by atoms with Crippen molar-refractivity contribution in [1.82, 2.24) is 15.0 Å². The number of nitrogens with one attached hydrogen (secondary N) is 1. The topological polar surface area (TPSA) is 112 Å². The number of rotatable bonds is 4. The van der Waals surface area contributed by atoms with E-state index >= 15 is 0 Å². The number of H-pyrrole nitrogens is 1. The Morgan fingerprint density at radius 3 is 2.58 bits per heavy atom. The third-order valence-electron chi connectivity index (χ3n) is 7.05. The van der Waals surface area contributed by atoms with Crippen LogP contribution in [0.5, 0.6) is 0 Å². The highest BCUT2D eigenvalue weighted by atomic mass is 16.5. The van der Waals surface area contributed by atoms with Crippen molar-refractivity contribution in [1.29, 1.82) is 5.26 Å². The van der Waals surface area contributed by atoms with Crippen LogP contribution in [0, 0.1) is 22.7 Å². The van der Waals surface area contributed by atoms with Gasteiger partial charge in [-0.15, -0.1) is 0 Å². The molecule has 36 heavy (non-hydrogen) atoms. The Labute approximate surface area is 209 Å². The molecular weight excluding hydrogens is 452 g/mol. The molecule has 0 saturated heterocycles.